The number of pyridine rings is 1. The molecule has 6 nitrogen and oxygen atoms in total. The van der Waals surface area contributed by atoms with Gasteiger partial charge in [0.2, 0.25) is 0 Å². The Morgan fingerprint density at radius 1 is 1.18 bits per heavy atom. The summed E-state index contributed by atoms with van der Waals surface area (Å²) >= 11 is 0. The maximum Gasteiger partial charge on any atom is 0.319 e. The first kappa shape index (κ1) is 20.1. The maximum absolute atomic E-state index is 12.1. The molecule has 2 N–H and O–H groups in total. The van der Waals surface area contributed by atoms with Crippen molar-refractivity contribution in [2.75, 3.05) is 50.5 Å². The predicted molar refractivity (Wildman–Crippen MR) is 115 cm³/mol. The van der Waals surface area contributed by atoms with Crippen LogP contribution in [-0.2, 0) is 6.42 Å². The van der Waals surface area contributed by atoms with Gasteiger partial charge in [-0.3, -0.25) is 0 Å². The lowest BCUT2D eigenvalue weighted by Gasteiger charge is -2.32. The quantitative estimate of drug-likeness (QED) is 0.773. The molecule has 1 aliphatic heterocycles. The molecule has 0 spiro atoms. The molecule has 1 aliphatic rings. The molecule has 0 saturated carbocycles. The van der Waals surface area contributed by atoms with E-state index in [2.05, 4.69) is 50.8 Å². The molecular formula is C22H31N5O. The summed E-state index contributed by atoms with van der Waals surface area (Å²) in [5, 5.41) is 5.83. The third-order valence-electron chi connectivity index (χ3n) is 5.25. The summed E-state index contributed by atoms with van der Waals surface area (Å²) < 4.78 is 0. The van der Waals surface area contributed by atoms with Crippen LogP contribution in [0.4, 0.5) is 16.3 Å². The van der Waals surface area contributed by atoms with E-state index in [1.54, 1.807) is 12.3 Å². The molecule has 2 aromatic rings. The number of anilines is 2. The Hall–Kier alpha value is -2.60. The molecular weight excluding hydrogens is 350 g/mol. The van der Waals surface area contributed by atoms with Gasteiger partial charge in [-0.25, -0.2) is 9.78 Å². The Balaban J connectivity index is 1.33. The van der Waals surface area contributed by atoms with Crippen LogP contribution in [0.25, 0.3) is 0 Å². The van der Waals surface area contributed by atoms with Crippen LogP contribution in [0.1, 0.15) is 18.4 Å². The monoisotopic (exact) mass is 381 g/mol. The number of carbonyl (C=O) groups is 1. The molecule has 0 unspecified atom stereocenters. The molecule has 28 heavy (non-hydrogen) atoms. The predicted octanol–water partition coefficient (Wildman–Crippen LogP) is 3.22. The number of benzene rings is 1. The van der Waals surface area contributed by atoms with Crippen LogP contribution < -0.4 is 15.5 Å². The van der Waals surface area contributed by atoms with Crippen LogP contribution in [0.15, 0.2) is 48.7 Å². The highest BCUT2D eigenvalue weighted by molar-refractivity contribution is 5.89. The Morgan fingerprint density at radius 3 is 2.64 bits per heavy atom. The summed E-state index contributed by atoms with van der Waals surface area (Å²) in [6, 6.07) is 14.2. The lowest BCUT2D eigenvalue weighted by molar-refractivity contribution is 0.184. The number of rotatable bonds is 7. The van der Waals surface area contributed by atoms with E-state index in [0.717, 1.165) is 37.1 Å². The molecule has 2 heterocycles. The van der Waals surface area contributed by atoms with E-state index in [0.29, 0.717) is 6.54 Å². The molecule has 6 heteroatoms. The number of hydrogen-bond acceptors (Lipinski definition) is 4. The van der Waals surface area contributed by atoms with Crippen molar-refractivity contribution in [3.63, 3.8) is 0 Å². The number of nitrogens with one attached hydrogen (secondary N) is 2. The molecule has 1 fully saturated rings. The van der Waals surface area contributed by atoms with E-state index in [9.17, 15) is 4.79 Å². The van der Waals surface area contributed by atoms with E-state index in [4.69, 9.17) is 0 Å². The minimum Gasteiger partial charge on any atom is -0.363 e. The second-order valence-electron chi connectivity index (χ2n) is 7.65. The number of carbonyl (C=O) groups excluding carboxylic acids is 1. The van der Waals surface area contributed by atoms with Crippen molar-refractivity contribution in [3.8, 4) is 0 Å². The van der Waals surface area contributed by atoms with Crippen molar-refractivity contribution in [3.05, 3.63) is 54.2 Å². The second-order valence-corrected chi connectivity index (χ2v) is 7.65. The summed E-state index contributed by atoms with van der Waals surface area (Å²) in [6.45, 7) is 3.76. The van der Waals surface area contributed by atoms with Gasteiger partial charge in [0.25, 0.3) is 0 Å². The minimum absolute atomic E-state index is 0.171. The summed E-state index contributed by atoms with van der Waals surface area (Å²) in [7, 11) is 3.85. The van der Waals surface area contributed by atoms with Gasteiger partial charge in [0, 0.05) is 45.1 Å². The van der Waals surface area contributed by atoms with E-state index in [1.807, 2.05) is 25.1 Å². The first-order valence-corrected chi connectivity index (χ1v) is 10.0. The summed E-state index contributed by atoms with van der Waals surface area (Å²) in [5.41, 5.74) is 2.19. The van der Waals surface area contributed by atoms with Crippen molar-refractivity contribution in [1.29, 1.82) is 0 Å². The van der Waals surface area contributed by atoms with Crippen molar-refractivity contribution < 1.29 is 4.79 Å². The molecule has 2 amide bonds. The lowest BCUT2D eigenvalue weighted by Crippen LogP contribution is -2.40. The van der Waals surface area contributed by atoms with Gasteiger partial charge < -0.3 is 20.4 Å². The summed E-state index contributed by atoms with van der Waals surface area (Å²) in [6.07, 6.45) is 5.33. The number of amides is 2. The fourth-order valence-electron chi connectivity index (χ4n) is 3.61. The zero-order valence-electron chi connectivity index (χ0n) is 16.9. The highest BCUT2D eigenvalue weighted by Gasteiger charge is 2.19. The fourth-order valence-corrected chi connectivity index (χ4v) is 3.61. The van der Waals surface area contributed by atoms with Crippen LogP contribution in [0, 0.1) is 5.92 Å². The van der Waals surface area contributed by atoms with Gasteiger partial charge >= 0.3 is 6.03 Å². The number of urea groups is 1. The first-order chi connectivity index (χ1) is 13.6. The topological polar surface area (TPSA) is 60.5 Å². The van der Waals surface area contributed by atoms with Crippen molar-refractivity contribution in [2.45, 2.75) is 19.3 Å². The Morgan fingerprint density at radius 2 is 1.93 bits per heavy atom. The molecule has 0 aliphatic carbocycles. The van der Waals surface area contributed by atoms with Crippen LogP contribution in [-0.4, -0.2) is 56.2 Å². The molecule has 0 radical (unpaired) electrons. The number of aromatic nitrogens is 1. The molecule has 3 rings (SSSR count). The average Bonchev–Trinajstić information content (AvgIpc) is 2.70. The van der Waals surface area contributed by atoms with Crippen LogP contribution in [0.3, 0.4) is 0 Å². The number of likely N-dealkylation sites (tertiary alicyclic amines) is 1. The van der Waals surface area contributed by atoms with Gasteiger partial charge in [0.05, 0.1) is 0 Å². The normalized spacial score (nSPS) is 15.2. The van der Waals surface area contributed by atoms with Gasteiger partial charge in [-0.2, -0.15) is 0 Å². The highest BCUT2D eigenvalue weighted by atomic mass is 16.2. The van der Waals surface area contributed by atoms with Crippen LogP contribution in [0.2, 0.25) is 0 Å². The molecule has 0 atom stereocenters. The van der Waals surface area contributed by atoms with Gasteiger partial charge in [-0.05, 0) is 49.9 Å². The smallest absolute Gasteiger partial charge is 0.319 e. The van der Waals surface area contributed by atoms with E-state index in [1.165, 1.54) is 24.8 Å². The molecule has 1 aromatic heterocycles. The van der Waals surface area contributed by atoms with Gasteiger partial charge in [0.15, 0.2) is 0 Å². The highest BCUT2D eigenvalue weighted by Crippen LogP contribution is 2.21. The molecule has 150 valence electrons. The SMILES string of the molecule is CN(C)c1cc(NC(=O)NCCN2CCC(Cc3ccccc3)CC2)ccn1. The number of hydrogen-bond donors (Lipinski definition) is 2. The maximum atomic E-state index is 12.1. The number of nitrogens with zero attached hydrogens (tertiary/aromatic N) is 3. The zero-order valence-corrected chi connectivity index (χ0v) is 16.9. The molecule has 1 aromatic carbocycles. The van der Waals surface area contributed by atoms with Crippen molar-refractivity contribution >= 4 is 17.5 Å². The fraction of sp³-hybridized carbons (Fsp3) is 0.455. The molecule has 0 bridgehead atoms. The van der Waals surface area contributed by atoms with Gasteiger partial charge in [0.1, 0.15) is 5.82 Å². The van der Waals surface area contributed by atoms with Crippen LogP contribution in [0.5, 0.6) is 0 Å². The van der Waals surface area contributed by atoms with Gasteiger partial charge in [-0.1, -0.05) is 30.3 Å². The first-order valence-electron chi connectivity index (χ1n) is 10.0. The number of piperidine rings is 1. The average molecular weight is 382 g/mol. The second kappa shape index (κ2) is 10.1. The van der Waals surface area contributed by atoms with Gasteiger partial charge in [-0.15, -0.1) is 0 Å². The van der Waals surface area contributed by atoms with E-state index >= 15 is 0 Å². The third kappa shape index (κ3) is 6.23. The van der Waals surface area contributed by atoms with Crippen molar-refractivity contribution in [1.82, 2.24) is 15.2 Å². The Bertz CT molecular complexity index is 742. The standard InChI is InChI=1S/C22H31N5O/c1-26(2)21-17-20(8-11-23-21)25-22(28)24-12-15-27-13-9-19(10-14-27)16-18-6-4-3-5-7-18/h3-8,11,17,19H,9-10,12-16H2,1-2H3,(H2,23,24,25,28). The largest absolute Gasteiger partial charge is 0.363 e. The van der Waals surface area contributed by atoms with Crippen LogP contribution >= 0.6 is 0 Å². The van der Waals surface area contributed by atoms with E-state index in [-0.39, 0.29) is 6.03 Å². The zero-order chi connectivity index (χ0) is 19.8. The summed E-state index contributed by atoms with van der Waals surface area (Å²) in [4.78, 5) is 20.7. The minimum atomic E-state index is -0.171. The Labute approximate surface area is 167 Å². The molecule has 1 saturated heterocycles. The van der Waals surface area contributed by atoms with Crippen molar-refractivity contribution in [2.24, 2.45) is 5.92 Å². The third-order valence-corrected chi connectivity index (χ3v) is 5.25. The lowest BCUT2D eigenvalue weighted by atomic mass is 9.90. The summed E-state index contributed by atoms with van der Waals surface area (Å²) in [5.74, 6) is 1.59. The van der Waals surface area contributed by atoms with E-state index < -0.39 is 0 Å². The Kier molecular flexibility index (Phi) is 7.25.